The first-order valence-corrected chi connectivity index (χ1v) is 7.03. The zero-order valence-corrected chi connectivity index (χ0v) is 11.9. The summed E-state index contributed by atoms with van der Waals surface area (Å²) in [5, 5.41) is 23.5. The molecule has 114 valence electrons. The number of piperidine rings is 1. The number of carboxylic acids is 1. The predicted molar refractivity (Wildman–Crippen MR) is 79.0 cm³/mol. The maximum atomic E-state index is 11.3. The molecule has 1 saturated heterocycles. The predicted octanol–water partition coefficient (Wildman–Crippen LogP) is 1.87. The lowest BCUT2D eigenvalue weighted by Gasteiger charge is -2.35. The Bertz CT molecular complexity index is 541. The van der Waals surface area contributed by atoms with Gasteiger partial charge in [0.25, 0.3) is 5.69 Å². The van der Waals surface area contributed by atoms with Crippen molar-refractivity contribution in [2.45, 2.75) is 25.8 Å². The molecule has 1 heterocycles. The van der Waals surface area contributed by atoms with Crippen LogP contribution in [0.2, 0.25) is 0 Å². The van der Waals surface area contributed by atoms with Crippen LogP contribution in [-0.4, -0.2) is 41.7 Å². The number of nitrogens with one attached hydrogen (secondary N) is 1. The molecule has 1 fully saturated rings. The van der Waals surface area contributed by atoms with E-state index in [1.54, 1.807) is 6.07 Å². The van der Waals surface area contributed by atoms with Crippen LogP contribution < -0.4 is 10.2 Å². The summed E-state index contributed by atoms with van der Waals surface area (Å²) < 4.78 is 0. The Balaban J connectivity index is 2.39. The quantitative estimate of drug-likeness (QED) is 0.635. The molecule has 1 aromatic carbocycles. The number of hydrogen-bond acceptors (Lipinski definition) is 5. The summed E-state index contributed by atoms with van der Waals surface area (Å²) in [6.45, 7) is 4.39. The van der Waals surface area contributed by atoms with Gasteiger partial charge in [-0.3, -0.25) is 10.1 Å². The van der Waals surface area contributed by atoms with Crippen molar-refractivity contribution in [2.75, 3.05) is 24.5 Å². The largest absolute Gasteiger partial charge is 0.478 e. The molecule has 0 radical (unpaired) electrons. The van der Waals surface area contributed by atoms with Crippen molar-refractivity contribution in [1.29, 1.82) is 0 Å². The molecule has 2 N–H and O–H groups in total. The molecule has 1 aliphatic heterocycles. The molecule has 7 nitrogen and oxygen atoms in total. The summed E-state index contributed by atoms with van der Waals surface area (Å²) in [5.74, 6) is -1.16. The van der Waals surface area contributed by atoms with Gasteiger partial charge >= 0.3 is 5.97 Å². The van der Waals surface area contributed by atoms with Gasteiger partial charge in [-0.2, -0.15) is 0 Å². The number of nitro benzene ring substituents is 1. The number of aromatic carboxylic acids is 1. The minimum absolute atomic E-state index is 0.0631. The normalized spacial score (nSPS) is 15.7. The average molecular weight is 293 g/mol. The molecule has 0 unspecified atom stereocenters. The number of carboxylic acid groups (broad SMARTS) is 1. The lowest BCUT2D eigenvalue weighted by molar-refractivity contribution is -0.384. The second-order valence-electron chi connectivity index (χ2n) is 5.03. The van der Waals surface area contributed by atoms with Crippen molar-refractivity contribution in [3.05, 3.63) is 33.9 Å². The average Bonchev–Trinajstić information content (AvgIpc) is 2.49. The fourth-order valence-corrected chi connectivity index (χ4v) is 2.79. The number of anilines is 1. The van der Waals surface area contributed by atoms with Gasteiger partial charge in [0.05, 0.1) is 10.5 Å². The Morgan fingerprint density at radius 2 is 2.14 bits per heavy atom. The van der Waals surface area contributed by atoms with Crippen molar-refractivity contribution in [3.63, 3.8) is 0 Å². The van der Waals surface area contributed by atoms with E-state index in [9.17, 15) is 14.9 Å². The smallest absolute Gasteiger partial charge is 0.335 e. The highest BCUT2D eigenvalue weighted by atomic mass is 16.6. The highest BCUT2D eigenvalue weighted by Crippen LogP contribution is 2.32. The van der Waals surface area contributed by atoms with Gasteiger partial charge in [-0.15, -0.1) is 0 Å². The number of rotatable bonds is 5. The Kier molecular flexibility index (Phi) is 4.74. The van der Waals surface area contributed by atoms with E-state index in [0.29, 0.717) is 12.2 Å². The summed E-state index contributed by atoms with van der Waals surface area (Å²) >= 11 is 0. The highest BCUT2D eigenvalue weighted by molar-refractivity contribution is 5.89. The van der Waals surface area contributed by atoms with E-state index < -0.39 is 10.9 Å². The summed E-state index contributed by atoms with van der Waals surface area (Å²) in [5.41, 5.74) is 0.293. The van der Waals surface area contributed by atoms with Gasteiger partial charge in [0, 0.05) is 18.7 Å². The topological polar surface area (TPSA) is 95.7 Å². The Hall–Kier alpha value is -2.15. The second-order valence-corrected chi connectivity index (χ2v) is 5.03. The van der Waals surface area contributed by atoms with Gasteiger partial charge in [-0.1, -0.05) is 0 Å². The van der Waals surface area contributed by atoms with Gasteiger partial charge in [-0.25, -0.2) is 4.79 Å². The lowest BCUT2D eigenvalue weighted by Crippen LogP contribution is -2.43. The summed E-state index contributed by atoms with van der Waals surface area (Å²) in [4.78, 5) is 23.8. The molecular formula is C14H19N3O4. The van der Waals surface area contributed by atoms with Gasteiger partial charge in [-0.05, 0) is 45.0 Å². The minimum Gasteiger partial charge on any atom is -0.478 e. The zero-order chi connectivity index (χ0) is 15.4. The van der Waals surface area contributed by atoms with Crippen molar-refractivity contribution in [1.82, 2.24) is 5.32 Å². The molecule has 2 rings (SSSR count). The van der Waals surface area contributed by atoms with Crippen molar-refractivity contribution >= 4 is 17.3 Å². The fourth-order valence-electron chi connectivity index (χ4n) is 2.79. The van der Waals surface area contributed by atoms with Crippen molar-refractivity contribution < 1.29 is 14.8 Å². The van der Waals surface area contributed by atoms with Gasteiger partial charge in [0.2, 0.25) is 0 Å². The Morgan fingerprint density at radius 1 is 1.48 bits per heavy atom. The molecule has 7 heteroatoms. The van der Waals surface area contributed by atoms with Crippen LogP contribution in [0.3, 0.4) is 0 Å². The molecule has 1 aromatic rings. The SMILES string of the molecule is CCN(c1ccc(C(=O)O)cc1[N+](=O)[O-])C1CCNCC1. The second kappa shape index (κ2) is 6.53. The maximum absolute atomic E-state index is 11.3. The van der Waals surface area contributed by atoms with E-state index in [0.717, 1.165) is 32.0 Å². The van der Waals surface area contributed by atoms with Crippen LogP contribution in [0.4, 0.5) is 11.4 Å². The van der Waals surface area contributed by atoms with E-state index in [1.807, 2.05) is 11.8 Å². The Morgan fingerprint density at radius 3 is 2.67 bits per heavy atom. The molecule has 1 aliphatic rings. The van der Waals surface area contributed by atoms with E-state index in [-0.39, 0.29) is 17.3 Å². The van der Waals surface area contributed by atoms with Crippen LogP contribution in [-0.2, 0) is 0 Å². The van der Waals surface area contributed by atoms with E-state index in [1.165, 1.54) is 6.07 Å². The fraction of sp³-hybridized carbons (Fsp3) is 0.500. The molecule has 0 spiro atoms. The molecule has 0 bridgehead atoms. The molecule has 0 saturated carbocycles. The van der Waals surface area contributed by atoms with Gasteiger partial charge in [0.1, 0.15) is 5.69 Å². The Labute approximate surface area is 122 Å². The standard InChI is InChI=1S/C14H19N3O4/c1-2-16(11-5-7-15-8-6-11)12-4-3-10(14(18)19)9-13(12)17(20)21/h3-4,9,11,15H,2,5-8H2,1H3,(H,18,19). The summed E-state index contributed by atoms with van der Waals surface area (Å²) in [6.07, 6.45) is 1.84. The third kappa shape index (κ3) is 3.30. The molecule has 21 heavy (non-hydrogen) atoms. The maximum Gasteiger partial charge on any atom is 0.335 e. The van der Waals surface area contributed by atoms with E-state index in [2.05, 4.69) is 5.32 Å². The number of benzene rings is 1. The third-order valence-corrected chi connectivity index (χ3v) is 3.82. The first kappa shape index (κ1) is 15.2. The molecule has 0 atom stereocenters. The van der Waals surface area contributed by atoms with E-state index >= 15 is 0 Å². The third-order valence-electron chi connectivity index (χ3n) is 3.82. The molecular weight excluding hydrogens is 274 g/mol. The minimum atomic E-state index is -1.16. The molecule has 0 aliphatic carbocycles. The molecule has 0 amide bonds. The van der Waals surface area contributed by atoms with Crippen LogP contribution in [0.25, 0.3) is 0 Å². The van der Waals surface area contributed by atoms with Crippen LogP contribution >= 0.6 is 0 Å². The first-order valence-electron chi connectivity index (χ1n) is 7.03. The number of carbonyl (C=O) groups is 1. The van der Waals surface area contributed by atoms with Crippen LogP contribution in [0.1, 0.15) is 30.1 Å². The first-order chi connectivity index (χ1) is 10.0. The van der Waals surface area contributed by atoms with Crippen LogP contribution in [0.5, 0.6) is 0 Å². The highest BCUT2D eigenvalue weighted by Gasteiger charge is 2.26. The van der Waals surface area contributed by atoms with Crippen LogP contribution in [0, 0.1) is 10.1 Å². The van der Waals surface area contributed by atoms with Crippen molar-refractivity contribution in [3.8, 4) is 0 Å². The van der Waals surface area contributed by atoms with Crippen LogP contribution in [0.15, 0.2) is 18.2 Å². The summed E-state index contributed by atoms with van der Waals surface area (Å²) in [7, 11) is 0. The number of nitro groups is 1. The van der Waals surface area contributed by atoms with Gasteiger partial charge in [0.15, 0.2) is 0 Å². The number of hydrogen-bond donors (Lipinski definition) is 2. The summed E-state index contributed by atoms with van der Waals surface area (Å²) in [6, 6.07) is 4.36. The van der Waals surface area contributed by atoms with E-state index in [4.69, 9.17) is 5.11 Å². The number of nitrogens with zero attached hydrogens (tertiary/aromatic N) is 2. The zero-order valence-electron chi connectivity index (χ0n) is 11.9. The van der Waals surface area contributed by atoms with Gasteiger partial charge < -0.3 is 15.3 Å². The molecule has 0 aromatic heterocycles. The van der Waals surface area contributed by atoms with Crippen molar-refractivity contribution in [2.24, 2.45) is 0 Å². The monoisotopic (exact) mass is 293 g/mol. The lowest BCUT2D eigenvalue weighted by atomic mass is 10.0.